The molecule has 126 valence electrons. The number of carbonyl (C=O) groups is 1. The van der Waals surface area contributed by atoms with Gasteiger partial charge in [-0.1, -0.05) is 24.3 Å². The van der Waals surface area contributed by atoms with Gasteiger partial charge in [0.2, 0.25) is 5.91 Å². The molecule has 2 aromatic carbocycles. The molecule has 1 heterocycles. The van der Waals surface area contributed by atoms with Gasteiger partial charge in [-0.2, -0.15) is 0 Å². The Morgan fingerprint density at radius 2 is 1.44 bits per heavy atom. The third kappa shape index (κ3) is 5.24. The number of aromatic nitrogens is 1. The first kappa shape index (κ1) is 16.8. The number of halogens is 1. The van der Waals surface area contributed by atoms with E-state index in [9.17, 15) is 9.18 Å². The van der Waals surface area contributed by atoms with Gasteiger partial charge in [0.15, 0.2) is 0 Å². The molecule has 0 unspecified atom stereocenters. The maximum Gasteiger partial charge on any atom is 0.224 e. The molecule has 4 heteroatoms. The van der Waals surface area contributed by atoms with Crippen molar-refractivity contribution in [3.8, 4) is 0 Å². The molecule has 0 aliphatic carbocycles. The third-order valence-electron chi connectivity index (χ3n) is 3.95. The third-order valence-corrected chi connectivity index (χ3v) is 3.95. The summed E-state index contributed by atoms with van der Waals surface area (Å²) >= 11 is 0. The number of pyridine rings is 1. The van der Waals surface area contributed by atoms with Crippen molar-refractivity contribution in [1.29, 1.82) is 0 Å². The summed E-state index contributed by atoms with van der Waals surface area (Å²) in [5.41, 5.74) is 4.11. The quantitative estimate of drug-likeness (QED) is 0.727. The topological polar surface area (TPSA) is 42.0 Å². The SMILES string of the molecule is O=C(CCc1ccc(F)cc1)Nc1ccc(Cc2ccncc2)cc1. The number of anilines is 1. The highest BCUT2D eigenvalue weighted by Gasteiger charge is 2.04. The summed E-state index contributed by atoms with van der Waals surface area (Å²) in [7, 11) is 0. The van der Waals surface area contributed by atoms with E-state index in [0.29, 0.717) is 12.8 Å². The van der Waals surface area contributed by atoms with Crippen molar-refractivity contribution in [2.45, 2.75) is 19.3 Å². The van der Waals surface area contributed by atoms with E-state index in [1.807, 2.05) is 36.4 Å². The van der Waals surface area contributed by atoms with Crippen LogP contribution in [0.1, 0.15) is 23.1 Å². The van der Waals surface area contributed by atoms with Gasteiger partial charge in [-0.3, -0.25) is 9.78 Å². The molecule has 0 fully saturated rings. The summed E-state index contributed by atoms with van der Waals surface area (Å²) in [5, 5.41) is 2.89. The van der Waals surface area contributed by atoms with Crippen molar-refractivity contribution in [1.82, 2.24) is 4.98 Å². The van der Waals surface area contributed by atoms with E-state index in [0.717, 1.165) is 17.7 Å². The predicted octanol–water partition coefficient (Wildman–Crippen LogP) is 4.38. The van der Waals surface area contributed by atoms with Gasteiger partial charge in [0.1, 0.15) is 5.82 Å². The lowest BCUT2D eigenvalue weighted by molar-refractivity contribution is -0.116. The largest absolute Gasteiger partial charge is 0.326 e. The number of nitrogens with one attached hydrogen (secondary N) is 1. The van der Waals surface area contributed by atoms with E-state index in [1.54, 1.807) is 24.5 Å². The Morgan fingerprint density at radius 1 is 0.840 bits per heavy atom. The second-order valence-corrected chi connectivity index (χ2v) is 5.90. The molecule has 0 saturated heterocycles. The maximum atomic E-state index is 12.9. The molecule has 3 aromatic rings. The van der Waals surface area contributed by atoms with E-state index in [1.165, 1.54) is 23.3 Å². The van der Waals surface area contributed by atoms with Crippen molar-refractivity contribution in [2.24, 2.45) is 0 Å². The molecule has 3 rings (SSSR count). The zero-order valence-electron chi connectivity index (χ0n) is 13.8. The Morgan fingerprint density at radius 3 is 2.12 bits per heavy atom. The van der Waals surface area contributed by atoms with E-state index >= 15 is 0 Å². The summed E-state index contributed by atoms with van der Waals surface area (Å²) < 4.78 is 12.9. The van der Waals surface area contributed by atoms with Gasteiger partial charge in [-0.05, 0) is 65.9 Å². The molecule has 0 bridgehead atoms. The zero-order chi connectivity index (χ0) is 17.5. The van der Waals surface area contributed by atoms with Crippen LogP contribution in [0, 0.1) is 5.82 Å². The first-order valence-electron chi connectivity index (χ1n) is 8.21. The molecule has 1 N–H and O–H groups in total. The maximum absolute atomic E-state index is 12.9. The van der Waals surface area contributed by atoms with Crippen LogP contribution < -0.4 is 5.32 Å². The molecule has 0 aliphatic heterocycles. The average Bonchev–Trinajstić information content (AvgIpc) is 2.64. The van der Waals surface area contributed by atoms with Crippen LogP contribution in [-0.2, 0) is 17.6 Å². The normalized spacial score (nSPS) is 10.4. The first-order chi connectivity index (χ1) is 12.2. The average molecular weight is 334 g/mol. The zero-order valence-corrected chi connectivity index (χ0v) is 13.8. The first-order valence-corrected chi connectivity index (χ1v) is 8.21. The number of hydrogen-bond acceptors (Lipinski definition) is 2. The Balaban J connectivity index is 1.50. The highest BCUT2D eigenvalue weighted by Crippen LogP contribution is 2.14. The van der Waals surface area contributed by atoms with Crippen LogP contribution in [0.3, 0.4) is 0 Å². The van der Waals surface area contributed by atoms with Gasteiger partial charge in [-0.25, -0.2) is 4.39 Å². The van der Waals surface area contributed by atoms with Crippen molar-refractivity contribution in [3.05, 3.63) is 95.6 Å². The van der Waals surface area contributed by atoms with Crippen LogP contribution in [0.2, 0.25) is 0 Å². The second-order valence-electron chi connectivity index (χ2n) is 5.90. The van der Waals surface area contributed by atoms with Crippen LogP contribution in [0.25, 0.3) is 0 Å². The lowest BCUT2D eigenvalue weighted by Gasteiger charge is -2.07. The van der Waals surface area contributed by atoms with Crippen molar-refractivity contribution < 1.29 is 9.18 Å². The molecule has 1 amide bonds. The number of nitrogens with zero attached hydrogens (tertiary/aromatic N) is 1. The van der Waals surface area contributed by atoms with Crippen molar-refractivity contribution in [2.75, 3.05) is 5.32 Å². The van der Waals surface area contributed by atoms with Gasteiger partial charge in [0.25, 0.3) is 0 Å². The molecular formula is C21H19FN2O. The molecule has 0 spiro atoms. The molecule has 0 radical (unpaired) electrons. The van der Waals surface area contributed by atoms with Crippen LogP contribution >= 0.6 is 0 Å². The number of rotatable bonds is 6. The molecule has 25 heavy (non-hydrogen) atoms. The second kappa shape index (κ2) is 8.20. The summed E-state index contributed by atoms with van der Waals surface area (Å²) in [6.07, 6.45) is 5.36. The van der Waals surface area contributed by atoms with Crippen LogP contribution in [-0.4, -0.2) is 10.9 Å². The van der Waals surface area contributed by atoms with Crippen LogP contribution in [0.15, 0.2) is 73.1 Å². The smallest absolute Gasteiger partial charge is 0.224 e. The fraction of sp³-hybridized carbons (Fsp3) is 0.143. The van der Waals surface area contributed by atoms with Gasteiger partial charge in [-0.15, -0.1) is 0 Å². The van der Waals surface area contributed by atoms with E-state index in [4.69, 9.17) is 0 Å². The fourth-order valence-corrected chi connectivity index (χ4v) is 2.57. The molecular weight excluding hydrogens is 315 g/mol. The minimum absolute atomic E-state index is 0.0498. The minimum Gasteiger partial charge on any atom is -0.326 e. The molecule has 0 aliphatic rings. The lowest BCUT2D eigenvalue weighted by atomic mass is 10.1. The Hall–Kier alpha value is -3.01. The highest BCUT2D eigenvalue weighted by molar-refractivity contribution is 5.90. The van der Waals surface area contributed by atoms with Crippen LogP contribution in [0.4, 0.5) is 10.1 Å². The van der Waals surface area contributed by atoms with Gasteiger partial charge in [0.05, 0.1) is 0 Å². The summed E-state index contributed by atoms with van der Waals surface area (Å²) in [4.78, 5) is 16.0. The monoisotopic (exact) mass is 334 g/mol. The van der Waals surface area contributed by atoms with Gasteiger partial charge in [0, 0.05) is 24.5 Å². The molecule has 0 saturated carbocycles. The fourth-order valence-electron chi connectivity index (χ4n) is 2.57. The van der Waals surface area contributed by atoms with Gasteiger partial charge < -0.3 is 5.32 Å². The van der Waals surface area contributed by atoms with E-state index < -0.39 is 0 Å². The van der Waals surface area contributed by atoms with Crippen LogP contribution in [0.5, 0.6) is 0 Å². The summed E-state index contributed by atoms with van der Waals surface area (Å²) in [6.45, 7) is 0. The number of amides is 1. The number of aryl methyl sites for hydroxylation is 1. The van der Waals surface area contributed by atoms with Crippen molar-refractivity contribution >= 4 is 11.6 Å². The summed E-state index contributed by atoms with van der Waals surface area (Å²) in [6, 6.07) is 18.1. The molecule has 0 atom stereocenters. The number of hydrogen-bond donors (Lipinski definition) is 1. The standard InChI is InChI=1S/C21H19FN2O/c22-19-6-1-16(2-7-19)5-10-21(25)24-20-8-3-17(4-9-20)15-18-11-13-23-14-12-18/h1-4,6-9,11-14H,5,10,15H2,(H,24,25). The Labute approximate surface area is 146 Å². The predicted molar refractivity (Wildman–Crippen MR) is 96.8 cm³/mol. The lowest BCUT2D eigenvalue weighted by Crippen LogP contribution is -2.12. The molecule has 3 nitrogen and oxygen atoms in total. The van der Waals surface area contributed by atoms with E-state index in [2.05, 4.69) is 10.3 Å². The number of benzene rings is 2. The Kier molecular flexibility index (Phi) is 5.52. The van der Waals surface area contributed by atoms with E-state index in [-0.39, 0.29) is 11.7 Å². The number of carbonyl (C=O) groups excluding carboxylic acids is 1. The highest BCUT2D eigenvalue weighted by atomic mass is 19.1. The Bertz CT molecular complexity index is 815. The van der Waals surface area contributed by atoms with Crippen molar-refractivity contribution in [3.63, 3.8) is 0 Å². The minimum atomic E-state index is -0.264. The molecule has 1 aromatic heterocycles. The van der Waals surface area contributed by atoms with Gasteiger partial charge >= 0.3 is 0 Å². The summed E-state index contributed by atoms with van der Waals surface area (Å²) in [5.74, 6) is -0.314.